The Morgan fingerprint density at radius 1 is 1.17 bits per heavy atom. The second-order valence-corrected chi connectivity index (χ2v) is 4.95. The van der Waals surface area contributed by atoms with Crippen LogP contribution in [0.3, 0.4) is 0 Å². The van der Waals surface area contributed by atoms with E-state index in [1.54, 1.807) is 0 Å². The summed E-state index contributed by atoms with van der Waals surface area (Å²) in [6.45, 7) is 0. The van der Waals surface area contributed by atoms with Crippen molar-refractivity contribution in [3.05, 3.63) is 52.8 Å². The van der Waals surface area contributed by atoms with E-state index in [1.807, 2.05) is 0 Å². The van der Waals surface area contributed by atoms with Gasteiger partial charge in [0.25, 0.3) is 5.91 Å². The van der Waals surface area contributed by atoms with E-state index in [4.69, 9.17) is 22.1 Å². The number of nitrogens with one attached hydrogen (secondary N) is 2. The Balaban J connectivity index is 2.20. The Kier molecular flexibility index (Phi) is 5.02. The maximum atomic E-state index is 13.2. The number of carbonyl (C=O) groups is 2. The number of hydrogen-bond donors (Lipinski definition) is 3. The fourth-order valence-electron chi connectivity index (χ4n) is 1.88. The summed E-state index contributed by atoms with van der Waals surface area (Å²) < 4.78 is 18.3. The number of urea groups is 1. The highest BCUT2D eigenvalue weighted by Crippen LogP contribution is 2.23. The smallest absolute Gasteiger partial charge is 0.323 e. The van der Waals surface area contributed by atoms with Gasteiger partial charge >= 0.3 is 6.03 Å². The van der Waals surface area contributed by atoms with Crippen LogP contribution in [0.1, 0.15) is 10.4 Å². The molecule has 0 aliphatic heterocycles. The molecule has 0 heterocycles. The molecule has 0 bridgehead atoms. The third kappa shape index (κ3) is 4.33. The average Bonchev–Trinajstić information content (AvgIpc) is 2.45. The first-order chi connectivity index (χ1) is 10.9. The maximum absolute atomic E-state index is 13.2. The van der Waals surface area contributed by atoms with Crippen molar-refractivity contribution in [3.8, 4) is 5.75 Å². The lowest BCUT2D eigenvalue weighted by Crippen LogP contribution is -2.22. The summed E-state index contributed by atoms with van der Waals surface area (Å²) in [7, 11) is 1.44. The summed E-state index contributed by atoms with van der Waals surface area (Å²) in [5.74, 6) is -0.872. The molecule has 0 spiro atoms. The molecule has 0 saturated heterocycles. The van der Waals surface area contributed by atoms with Crippen LogP contribution in [0.25, 0.3) is 0 Å². The van der Waals surface area contributed by atoms with Crippen LogP contribution < -0.4 is 21.1 Å². The van der Waals surface area contributed by atoms with E-state index < -0.39 is 17.8 Å². The molecule has 23 heavy (non-hydrogen) atoms. The third-order valence-corrected chi connectivity index (χ3v) is 3.08. The fourth-order valence-corrected chi connectivity index (χ4v) is 2.10. The van der Waals surface area contributed by atoms with Gasteiger partial charge in [-0.15, -0.1) is 0 Å². The molecule has 2 aromatic carbocycles. The predicted octanol–water partition coefficient (Wildman–Crippen LogP) is 3.23. The first-order valence-electron chi connectivity index (χ1n) is 6.41. The largest absolute Gasteiger partial charge is 0.497 e. The van der Waals surface area contributed by atoms with Crippen molar-refractivity contribution in [2.45, 2.75) is 0 Å². The number of primary amides is 1. The Hall–Kier alpha value is -2.80. The monoisotopic (exact) mass is 337 g/mol. The number of anilines is 2. The molecule has 0 unspecified atom stereocenters. The van der Waals surface area contributed by atoms with Crippen molar-refractivity contribution in [2.75, 3.05) is 17.7 Å². The van der Waals surface area contributed by atoms with E-state index in [9.17, 15) is 14.0 Å². The summed E-state index contributed by atoms with van der Waals surface area (Å²) in [6.07, 6.45) is 0. The molecule has 0 atom stereocenters. The molecule has 0 saturated carbocycles. The van der Waals surface area contributed by atoms with Crippen LogP contribution in [0.2, 0.25) is 5.02 Å². The van der Waals surface area contributed by atoms with Crippen LogP contribution in [0, 0.1) is 5.82 Å². The van der Waals surface area contributed by atoms with Gasteiger partial charge in [0.15, 0.2) is 0 Å². The van der Waals surface area contributed by atoms with Crippen LogP contribution in [0.5, 0.6) is 5.75 Å². The Morgan fingerprint density at radius 2 is 1.91 bits per heavy atom. The highest BCUT2D eigenvalue weighted by molar-refractivity contribution is 6.31. The highest BCUT2D eigenvalue weighted by atomic mass is 35.5. The van der Waals surface area contributed by atoms with Gasteiger partial charge in [0, 0.05) is 16.8 Å². The van der Waals surface area contributed by atoms with Gasteiger partial charge < -0.3 is 21.1 Å². The quantitative estimate of drug-likeness (QED) is 0.799. The van der Waals surface area contributed by atoms with Gasteiger partial charge in [-0.3, -0.25) is 4.79 Å². The molecule has 0 aliphatic rings. The second kappa shape index (κ2) is 6.97. The normalized spacial score (nSPS) is 10.0. The molecule has 0 fully saturated rings. The van der Waals surface area contributed by atoms with Crippen molar-refractivity contribution < 1.29 is 18.7 Å². The van der Waals surface area contributed by atoms with Gasteiger partial charge in [-0.05, 0) is 30.3 Å². The lowest BCUT2D eigenvalue weighted by atomic mass is 10.1. The number of carbonyl (C=O) groups excluding carboxylic acids is 2. The fraction of sp³-hybridized carbons (Fsp3) is 0.0667. The molecule has 0 aromatic heterocycles. The summed E-state index contributed by atoms with van der Waals surface area (Å²) >= 11 is 5.71. The Labute approximate surface area is 136 Å². The van der Waals surface area contributed by atoms with Crippen molar-refractivity contribution in [3.63, 3.8) is 0 Å². The lowest BCUT2D eigenvalue weighted by molar-refractivity contribution is 0.100. The number of nitrogens with two attached hydrogens (primary N) is 1. The van der Waals surface area contributed by atoms with Crippen LogP contribution in [-0.4, -0.2) is 19.0 Å². The van der Waals surface area contributed by atoms with Gasteiger partial charge in [0.1, 0.15) is 11.6 Å². The summed E-state index contributed by atoms with van der Waals surface area (Å²) in [6, 6.07) is 7.31. The molecule has 0 radical (unpaired) electrons. The minimum atomic E-state index is -0.711. The van der Waals surface area contributed by atoms with Crippen molar-refractivity contribution in [1.82, 2.24) is 0 Å². The molecule has 2 rings (SSSR count). The molecule has 120 valence electrons. The van der Waals surface area contributed by atoms with E-state index in [0.29, 0.717) is 5.75 Å². The molecule has 0 aliphatic carbocycles. The number of benzene rings is 2. The number of ether oxygens (including phenoxy) is 1. The van der Waals surface area contributed by atoms with Gasteiger partial charge in [0.2, 0.25) is 0 Å². The van der Waals surface area contributed by atoms with Gasteiger partial charge in [-0.2, -0.15) is 0 Å². The maximum Gasteiger partial charge on any atom is 0.323 e. The second-order valence-electron chi connectivity index (χ2n) is 4.51. The molecule has 4 N–H and O–H groups in total. The van der Waals surface area contributed by atoms with Crippen LogP contribution in [0.15, 0.2) is 36.4 Å². The Bertz CT molecular complexity index is 747. The van der Waals surface area contributed by atoms with E-state index in [1.165, 1.54) is 31.4 Å². The van der Waals surface area contributed by atoms with Gasteiger partial charge in [0.05, 0.1) is 18.4 Å². The summed E-state index contributed by atoms with van der Waals surface area (Å²) in [5, 5.41) is 5.00. The summed E-state index contributed by atoms with van der Waals surface area (Å²) in [5.41, 5.74) is 5.69. The predicted molar refractivity (Wildman–Crippen MR) is 85.6 cm³/mol. The third-order valence-electron chi connectivity index (χ3n) is 2.86. The van der Waals surface area contributed by atoms with Crippen molar-refractivity contribution in [1.29, 1.82) is 0 Å². The number of methoxy groups -OCH3 is 1. The average molecular weight is 338 g/mol. The number of rotatable bonds is 4. The van der Waals surface area contributed by atoms with E-state index in [2.05, 4.69) is 10.6 Å². The van der Waals surface area contributed by atoms with E-state index in [-0.39, 0.29) is 22.0 Å². The van der Waals surface area contributed by atoms with Crippen LogP contribution >= 0.6 is 11.6 Å². The molecule has 2 aromatic rings. The molecular weight excluding hydrogens is 325 g/mol. The van der Waals surface area contributed by atoms with E-state index >= 15 is 0 Å². The molecular formula is C15H13ClFN3O3. The standard InChI is InChI=1S/C15H13ClFN3O3/c1-23-11-2-3-12(14(18)21)13(7-11)20-15(22)19-10-5-8(16)4-9(17)6-10/h2-7H,1H3,(H2,18,21)(H2,19,20,22). The summed E-state index contributed by atoms with van der Waals surface area (Å²) in [4.78, 5) is 23.4. The molecule has 8 heteroatoms. The number of hydrogen-bond acceptors (Lipinski definition) is 3. The number of amides is 3. The SMILES string of the molecule is COc1ccc(C(N)=O)c(NC(=O)Nc2cc(F)cc(Cl)c2)c1. The van der Waals surface area contributed by atoms with Crippen molar-refractivity contribution in [2.24, 2.45) is 5.73 Å². The van der Waals surface area contributed by atoms with Crippen LogP contribution in [0.4, 0.5) is 20.6 Å². The topological polar surface area (TPSA) is 93.4 Å². The van der Waals surface area contributed by atoms with Gasteiger partial charge in [-0.1, -0.05) is 11.6 Å². The zero-order valence-corrected chi connectivity index (χ0v) is 12.8. The number of halogens is 2. The Morgan fingerprint density at radius 3 is 2.52 bits per heavy atom. The van der Waals surface area contributed by atoms with E-state index in [0.717, 1.165) is 12.1 Å². The minimum Gasteiger partial charge on any atom is -0.497 e. The first kappa shape index (κ1) is 16.6. The zero-order valence-electron chi connectivity index (χ0n) is 12.0. The van der Waals surface area contributed by atoms with Gasteiger partial charge in [-0.25, -0.2) is 9.18 Å². The zero-order chi connectivity index (χ0) is 17.0. The lowest BCUT2D eigenvalue weighted by Gasteiger charge is -2.12. The van der Waals surface area contributed by atoms with Crippen LogP contribution in [-0.2, 0) is 0 Å². The molecule has 3 amide bonds. The minimum absolute atomic E-state index is 0.109. The van der Waals surface area contributed by atoms with Crippen molar-refractivity contribution >= 4 is 34.9 Å². The molecule has 6 nitrogen and oxygen atoms in total. The first-order valence-corrected chi connectivity index (χ1v) is 6.79. The highest BCUT2D eigenvalue weighted by Gasteiger charge is 2.13.